The second kappa shape index (κ2) is 7.76. The van der Waals surface area contributed by atoms with Crippen molar-refractivity contribution in [1.29, 1.82) is 0 Å². The number of benzene rings is 1. The molecule has 0 unspecified atom stereocenters. The number of rotatable bonds is 7. The maximum Gasteiger partial charge on any atom is 0.312 e. The molecule has 12 heteroatoms. The predicted molar refractivity (Wildman–Crippen MR) is 94.6 cm³/mol. The van der Waals surface area contributed by atoms with E-state index in [1.54, 1.807) is 5.38 Å². The van der Waals surface area contributed by atoms with Crippen LogP contribution in [0.5, 0.6) is 5.75 Å². The number of nitro groups is 1. The molecule has 2 N–H and O–H groups in total. The Labute approximate surface area is 153 Å². The number of aromatic nitrogens is 1. The van der Waals surface area contributed by atoms with Crippen LogP contribution in [0.1, 0.15) is 19.5 Å². The van der Waals surface area contributed by atoms with Crippen LogP contribution in [0.25, 0.3) is 0 Å². The normalized spacial score (nSPS) is 11.2. The second-order valence-electron chi connectivity index (χ2n) is 5.11. The lowest BCUT2D eigenvalue weighted by Gasteiger charge is -2.14. The number of anilines is 1. The first-order valence-electron chi connectivity index (χ1n) is 7.30. The number of carbonyl (C=O) groups is 1. The Morgan fingerprint density at radius 1 is 1.46 bits per heavy atom. The Morgan fingerprint density at radius 2 is 2.15 bits per heavy atom. The first-order valence-corrected chi connectivity index (χ1v) is 9.72. The highest BCUT2D eigenvalue weighted by atomic mass is 32.2. The lowest BCUT2D eigenvalue weighted by atomic mass is 10.3. The molecule has 10 nitrogen and oxygen atoms in total. The zero-order valence-electron chi connectivity index (χ0n) is 13.9. The van der Waals surface area contributed by atoms with Crippen LogP contribution < -0.4 is 14.8 Å². The maximum absolute atomic E-state index is 11.5. The third-order valence-electron chi connectivity index (χ3n) is 3.30. The molecular formula is C14H16N4O6S2. The summed E-state index contributed by atoms with van der Waals surface area (Å²) in [5.74, 6) is -0.264. The van der Waals surface area contributed by atoms with E-state index in [0.717, 1.165) is 12.1 Å². The van der Waals surface area contributed by atoms with Crippen LogP contribution in [0.2, 0.25) is 0 Å². The smallest absolute Gasteiger partial charge is 0.312 e. The number of hydrogen-bond donors (Lipinski definition) is 1. The van der Waals surface area contributed by atoms with Crippen LogP contribution in [0.4, 0.5) is 10.8 Å². The van der Waals surface area contributed by atoms with Gasteiger partial charge in [0, 0.05) is 24.9 Å². The van der Waals surface area contributed by atoms with E-state index in [2.05, 4.69) is 4.98 Å². The van der Waals surface area contributed by atoms with Crippen molar-refractivity contribution in [2.75, 3.05) is 11.4 Å². The molecule has 140 valence electrons. The van der Waals surface area contributed by atoms with Gasteiger partial charge in [0.15, 0.2) is 10.9 Å². The fourth-order valence-electron chi connectivity index (χ4n) is 2.07. The molecular weight excluding hydrogens is 384 g/mol. The number of carbonyl (C=O) groups excluding carboxylic acids is 1. The Bertz CT molecular complexity index is 941. The van der Waals surface area contributed by atoms with Gasteiger partial charge in [-0.25, -0.2) is 18.5 Å². The molecule has 0 radical (unpaired) electrons. The van der Waals surface area contributed by atoms with Crippen LogP contribution in [0.15, 0.2) is 28.5 Å². The zero-order valence-corrected chi connectivity index (χ0v) is 15.5. The van der Waals surface area contributed by atoms with Gasteiger partial charge in [0.05, 0.1) is 15.5 Å². The molecule has 26 heavy (non-hydrogen) atoms. The van der Waals surface area contributed by atoms with Crippen molar-refractivity contribution in [3.63, 3.8) is 0 Å². The van der Waals surface area contributed by atoms with Crippen LogP contribution in [0, 0.1) is 10.1 Å². The number of nitrogens with zero attached hydrogens (tertiary/aromatic N) is 3. The SMILES string of the molecule is CCN(C(C)=O)c1nc(COc2ccc(S(N)(=O)=O)cc2[N+](=O)[O-])cs1. The molecule has 2 rings (SSSR count). The topological polar surface area (TPSA) is 146 Å². The Morgan fingerprint density at radius 3 is 2.69 bits per heavy atom. The van der Waals surface area contributed by atoms with Crippen LogP contribution in [0.3, 0.4) is 0 Å². The molecule has 0 aliphatic rings. The summed E-state index contributed by atoms with van der Waals surface area (Å²) in [6.07, 6.45) is 0. The summed E-state index contributed by atoms with van der Waals surface area (Å²) >= 11 is 1.25. The molecule has 0 saturated carbocycles. The number of sulfonamides is 1. The number of amides is 1. The van der Waals surface area contributed by atoms with E-state index in [0.29, 0.717) is 17.4 Å². The van der Waals surface area contributed by atoms with E-state index in [9.17, 15) is 23.3 Å². The van der Waals surface area contributed by atoms with E-state index >= 15 is 0 Å². The second-order valence-corrected chi connectivity index (χ2v) is 7.50. The number of hydrogen-bond acceptors (Lipinski definition) is 8. The highest BCUT2D eigenvalue weighted by Crippen LogP contribution is 2.30. The number of nitro benzene ring substituents is 1. The summed E-state index contributed by atoms with van der Waals surface area (Å²) in [5, 5.41) is 18.3. The molecule has 0 spiro atoms. The first kappa shape index (κ1) is 19.8. The van der Waals surface area contributed by atoms with E-state index < -0.39 is 20.6 Å². The molecule has 0 saturated heterocycles. The Kier molecular flexibility index (Phi) is 5.90. The van der Waals surface area contributed by atoms with Gasteiger partial charge in [-0.15, -0.1) is 11.3 Å². The Balaban J connectivity index is 2.21. The summed E-state index contributed by atoms with van der Waals surface area (Å²) in [4.78, 5) is 27.3. The monoisotopic (exact) mass is 400 g/mol. The summed E-state index contributed by atoms with van der Waals surface area (Å²) in [5.41, 5.74) is -0.0413. The van der Waals surface area contributed by atoms with E-state index in [1.807, 2.05) is 6.92 Å². The standard InChI is InChI=1S/C14H16N4O6S2/c1-3-17(9(2)19)14-16-10(8-25-14)7-24-13-5-4-11(26(15,22)23)6-12(13)18(20)21/h4-6,8H,3,7H2,1-2H3,(H2,15,22,23). The zero-order chi connectivity index (χ0) is 19.5. The molecule has 1 amide bonds. The third-order valence-corrected chi connectivity index (χ3v) is 5.12. The third kappa shape index (κ3) is 4.53. The molecule has 2 aromatic rings. The summed E-state index contributed by atoms with van der Waals surface area (Å²) < 4.78 is 28.0. The van der Waals surface area contributed by atoms with Crippen molar-refractivity contribution in [1.82, 2.24) is 4.98 Å². The Hall–Kier alpha value is -2.57. The highest BCUT2D eigenvalue weighted by Gasteiger charge is 2.21. The highest BCUT2D eigenvalue weighted by molar-refractivity contribution is 7.89. The van der Waals surface area contributed by atoms with E-state index in [-0.39, 0.29) is 23.2 Å². The number of nitrogens with two attached hydrogens (primary N) is 1. The van der Waals surface area contributed by atoms with E-state index in [4.69, 9.17) is 9.88 Å². The molecule has 1 aromatic heterocycles. The molecule has 0 fully saturated rings. The van der Waals surface area contributed by atoms with Crippen LogP contribution >= 0.6 is 11.3 Å². The van der Waals surface area contributed by atoms with Gasteiger partial charge >= 0.3 is 5.69 Å². The summed E-state index contributed by atoms with van der Waals surface area (Å²) in [6, 6.07) is 3.13. The predicted octanol–water partition coefficient (Wildman–Crippen LogP) is 1.65. The summed E-state index contributed by atoms with van der Waals surface area (Å²) in [7, 11) is -4.07. The quantitative estimate of drug-likeness (QED) is 0.549. The summed E-state index contributed by atoms with van der Waals surface area (Å²) in [6.45, 7) is 3.62. The van der Waals surface area contributed by atoms with Crippen molar-refractivity contribution >= 4 is 38.1 Å². The fraction of sp³-hybridized carbons (Fsp3) is 0.286. The average Bonchev–Trinajstić information content (AvgIpc) is 3.00. The minimum atomic E-state index is -4.07. The minimum Gasteiger partial charge on any atom is -0.480 e. The lowest BCUT2D eigenvalue weighted by molar-refractivity contribution is -0.386. The van der Waals surface area contributed by atoms with Gasteiger partial charge in [0.25, 0.3) is 0 Å². The van der Waals surface area contributed by atoms with Crippen molar-refractivity contribution < 1.29 is 22.9 Å². The van der Waals surface area contributed by atoms with Crippen molar-refractivity contribution in [2.45, 2.75) is 25.3 Å². The molecule has 0 aliphatic carbocycles. The fourth-order valence-corrected chi connectivity index (χ4v) is 3.52. The van der Waals surface area contributed by atoms with Gasteiger partial charge in [-0.05, 0) is 19.1 Å². The van der Waals surface area contributed by atoms with Gasteiger partial charge < -0.3 is 4.74 Å². The largest absolute Gasteiger partial charge is 0.480 e. The van der Waals surface area contributed by atoms with Gasteiger partial charge in [0.1, 0.15) is 6.61 Å². The molecule has 1 heterocycles. The number of primary sulfonamides is 1. The van der Waals surface area contributed by atoms with Gasteiger partial charge in [-0.1, -0.05) is 0 Å². The maximum atomic E-state index is 11.5. The number of thiazole rings is 1. The number of ether oxygens (including phenoxy) is 1. The van der Waals surface area contributed by atoms with Crippen LogP contribution in [-0.2, 0) is 21.4 Å². The van der Waals surface area contributed by atoms with E-state index in [1.165, 1.54) is 29.2 Å². The molecule has 0 aliphatic heterocycles. The van der Waals surface area contributed by atoms with Gasteiger partial charge in [0.2, 0.25) is 15.9 Å². The van der Waals surface area contributed by atoms with Crippen molar-refractivity contribution in [3.8, 4) is 5.75 Å². The molecule has 0 atom stereocenters. The lowest BCUT2D eigenvalue weighted by Crippen LogP contribution is -2.27. The molecule has 0 bridgehead atoms. The minimum absolute atomic E-state index is 0.0818. The van der Waals surface area contributed by atoms with Gasteiger partial charge in [-0.3, -0.25) is 19.8 Å². The van der Waals surface area contributed by atoms with Crippen molar-refractivity contribution in [2.24, 2.45) is 5.14 Å². The van der Waals surface area contributed by atoms with Crippen LogP contribution in [-0.4, -0.2) is 30.8 Å². The average molecular weight is 400 g/mol. The first-order chi connectivity index (χ1) is 12.1. The van der Waals surface area contributed by atoms with Crippen molar-refractivity contribution in [3.05, 3.63) is 39.4 Å². The van der Waals surface area contributed by atoms with Gasteiger partial charge in [-0.2, -0.15) is 0 Å². The molecule has 1 aromatic carbocycles.